The van der Waals surface area contributed by atoms with Crippen LogP contribution >= 0.6 is 0 Å². The van der Waals surface area contributed by atoms with E-state index in [1.54, 1.807) is 6.33 Å². The Morgan fingerprint density at radius 3 is 2.67 bits per heavy atom. The van der Waals surface area contributed by atoms with Crippen molar-refractivity contribution < 1.29 is 0 Å². The van der Waals surface area contributed by atoms with Crippen molar-refractivity contribution in [2.24, 2.45) is 5.92 Å². The molecule has 0 bridgehead atoms. The summed E-state index contributed by atoms with van der Waals surface area (Å²) in [6.45, 7) is 9.74. The Bertz CT molecular complexity index is 554. The number of aryl methyl sites for hydroxylation is 2. The zero-order chi connectivity index (χ0) is 13.3. The summed E-state index contributed by atoms with van der Waals surface area (Å²) in [4.78, 5) is 8.48. The lowest BCUT2D eigenvalue weighted by molar-refractivity contribution is 0.513. The van der Waals surface area contributed by atoms with E-state index < -0.39 is 0 Å². The summed E-state index contributed by atoms with van der Waals surface area (Å²) >= 11 is 0. The molecule has 2 aromatic heterocycles. The molecule has 2 N–H and O–H groups in total. The molecule has 4 nitrogen and oxygen atoms in total. The third-order valence-corrected chi connectivity index (χ3v) is 3.60. The monoisotopic (exact) mass is 246 g/mol. The predicted octanol–water partition coefficient (Wildman–Crippen LogP) is 3.07. The smallest absolute Gasteiger partial charge is 0.145 e. The van der Waals surface area contributed by atoms with E-state index in [1.165, 1.54) is 24.1 Å². The number of hydrogen-bond donors (Lipinski definition) is 1. The number of nitrogens with two attached hydrogens (primary N) is 1. The Morgan fingerprint density at radius 1 is 1.28 bits per heavy atom. The van der Waals surface area contributed by atoms with Crippen molar-refractivity contribution in [1.82, 2.24) is 14.5 Å². The zero-order valence-corrected chi connectivity index (χ0v) is 11.7. The topological polar surface area (TPSA) is 56.7 Å². The van der Waals surface area contributed by atoms with Crippen LogP contribution in [-0.2, 0) is 6.54 Å². The Hall–Kier alpha value is -1.58. The van der Waals surface area contributed by atoms with Crippen molar-refractivity contribution >= 4 is 16.9 Å². The van der Waals surface area contributed by atoms with Gasteiger partial charge in [0, 0.05) is 12.2 Å². The molecule has 0 saturated heterocycles. The average molecular weight is 246 g/mol. The molecule has 0 radical (unpaired) electrons. The summed E-state index contributed by atoms with van der Waals surface area (Å²) in [5.41, 5.74) is 9.38. The minimum absolute atomic E-state index is 0.586. The van der Waals surface area contributed by atoms with Crippen molar-refractivity contribution in [3.05, 3.63) is 17.6 Å². The fourth-order valence-electron chi connectivity index (χ4n) is 2.43. The molecule has 0 saturated carbocycles. The number of hydrogen-bond acceptors (Lipinski definition) is 3. The van der Waals surface area contributed by atoms with Crippen LogP contribution in [0.5, 0.6) is 0 Å². The Labute approximate surface area is 108 Å². The third-order valence-electron chi connectivity index (χ3n) is 3.60. The van der Waals surface area contributed by atoms with Crippen molar-refractivity contribution in [2.45, 2.75) is 47.1 Å². The van der Waals surface area contributed by atoms with E-state index in [0.717, 1.165) is 23.5 Å². The van der Waals surface area contributed by atoms with Gasteiger partial charge in [-0.15, -0.1) is 0 Å². The lowest BCUT2D eigenvalue weighted by atomic mass is 10.1. The van der Waals surface area contributed by atoms with E-state index in [4.69, 9.17) is 5.73 Å². The Morgan fingerprint density at radius 2 is 2.00 bits per heavy atom. The highest BCUT2D eigenvalue weighted by Gasteiger charge is 2.14. The summed E-state index contributed by atoms with van der Waals surface area (Å²) in [5, 5.41) is 1.01. The number of nitrogen functional groups attached to an aromatic ring is 1. The highest BCUT2D eigenvalue weighted by atomic mass is 15.1. The van der Waals surface area contributed by atoms with Crippen LogP contribution < -0.4 is 5.73 Å². The lowest BCUT2D eigenvalue weighted by Gasteiger charge is -2.09. The first-order valence-corrected chi connectivity index (χ1v) is 6.58. The molecule has 2 rings (SSSR count). The summed E-state index contributed by atoms with van der Waals surface area (Å²) in [6.07, 6.45) is 3.96. The van der Waals surface area contributed by atoms with Crippen LogP contribution in [0.1, 0.15) is 37.9 Å². The predicted molar refractivity (Wildman–Crippen MR) is 75.5 cm³/mol. The lowest BCUT2D eigenvalue weighted by Crippen LogP contribution is -2.03. The maximum absolute atomic E-state index is 5.95. The first-order chi connectivity index (χ1) is 8.52. The largest absolute Gasteiger partial charge is 0.383 e. The van der Waals surface area contributed by atoms with E-state index in [-0.39, 0.29) is 0 Å². The van der Waals surface area contributed by atoms with Gasteiger partial charge in [-0.25, -0.2) is 9.97 Å². The summed E-state index contributed by atoms with van der Waals surface area (Å²) < 4.78 is 2.27. The molecule has 0 unspecified atom stereocenters. The van der Waals surface area contributed by atoms with Gasteiger partial charge in [-0.1, -0.05) is 13.8 Å². The molecule has 2 heterocycles. The normalized spacial score (nSPS) is 11.6. The van der Waals surface area contributed by atoms with Gasteiger partial charge in [0.2, 0.25) is 0 Å². The number of fused-ring (bicyclic) bond motifs is 1. The van der Waals surface area contributed by atoms with Crippen LogP contribution in [0.25, 0.3) is 11.0 Å². The molecule has 0 aromatic carbocycles. The standard InChI is InChI=1S/C14H22N4/c1-9(2)6-5-7-18-11(4)10(3)12-13(15)16-8-17-14(12)18/h8-9H,5-7H2,1-4H3,(H2,15,16,17). The molecule has 0 amide bonds. The van der Waals surface area contributed by atoms with E-state index in [0.29, 0.717) is 5.82 Å². The second-order valence-corrected chi connectivity index (χ2v) is 5.36. The van der Waals surface area contributed by atoms with Gasteiger partial charge >= 0.3 is 0 Å². The van der Waals surface area contributed by atoms with Gasteiger partial charge in [-0.3, -0.25) is 0 Å². The molecule has 0 atom stereocenters. The van der Waals surface area contributed by atoms with Gasteiger partial charge in [0.25, 0.3) is 0 Å². The van der Waals surface area contributed by atoms with Crippen LogP contribution in [0.2, 0.25) is 0 Å². The summed E-state index contributed by atoms with van der Waals surface area (Å²) in [6, 6.07) is 0. The first kappa shape index (κ1) is 12.9. The molecule has 0 aliphatic carbocycles. The second kappa shape index (κ2) is 4.96. The minimum atomic E-state index is 0.586. The van der Waals surface area contributed by atoms with Crippen LogP contribution in [0.15, 0.2) is 6.33 Å². The fourth-order valence-corrected chi connectivity index (χ4v) is 2.43. The number of nitrogens with zero attached hydrogens (tertiary/aromatic N) is 3. The maximum Gasteiger partial charge on any atom is 0.145 e. The molecule has 4 heteroatoms. The molecular formula is C14H22N4. The van der Waals surface area contributed by atoms with E-state index in [1.807, 2.05) is 0 Å². The van der Waals surface area contributed by atoms with E-state index >= 15 is 0 Å². The quantitative estimate of drug-likeness (QED) is 0.902. The van der Waals surface area contributed by atoms with Gasteiger partial charge in [0.15, 0.2) is 0 Å². The van der Waals surface area contributed by atoms with Crippen molar-refractivity contribution in [3.63, 3.8) is 0 Å². The first-order valence-electron chi connectivity index (χ1n) is 6.58. The van der Waals surface area contributed by atoms with Gasteiger partial charge in [0.05, 0.1) is 5.39 Å². The highest BCUT2D eigenvalue weighted by molar-refractivity contribution is 5.90. The summed E-state index contributed by atoms with van der Waals surface area (Å²) in [5.74, 6) is 1.33. The molecule has 0 spiro atoms. The van der Waals surface area contributed by atoms with Crippen LogP contribution in [-0.4, -0.2) is 14.5 Å². The Balaban J connectivity index is 2.38. The molecule has 18 heavy (non-hydrogen) atoms. The van der Waals surface area contributed by atoms with Gasteiger partial charge in [0.1, 0.15) is 17.8 Å². The van der Waals surface area contributed by atoms with Gasteiger partial charge in [-0.2, -0.15) is 0 Å². The van der Waals surface area contributed by atoms with Crippen LogP contribution in [0.4, 0.5) is 5.82 Å². The van der Waals surface area contributed by atoms with Gasteiger partial charge in [-0.05, 0) is 38.2 Å². The fraction of sp³-hybridized carbons (Fsp3) is 0.571. The molecule has 2 aromatic rings. The van der Waals surface area contributed by atoms with E-state index in [9.17, 15) is 0 Å². The molecule has 98 valence electrons. The van der Waals surface area contributed by atoms with E-state index in [2.05, 4.69) is 42.2 Å². The maximum atomic E-state index is 5.95. The molecular weight excluding hydrogens is 224 g/mol. The highest BCUT2D eigenvalue weighted by Crippen LogP contribution is 2.27. The van der Waals surface area contributed by atoms with Crippen LogP contribution in [0.3, 0.4) is 0 Å². The molecule has 0 fully saturated rings. The summed E-state index contributed by atoms with van der Waals surface area (Å²) in [7, 11) is 0. The minimum Gasteiger partial charge on any atom is -0.383 e. The van der Waals surface area contributed by atoms with Crippen molar-refractivity contribution in [2.75, 3.05) is 5.73 Å². The van der Waals surface area contributed by atoms with Crippen LogP contribution in [0, 0.1) is 19.8 Å². The zero-order valence-electron chi connectivity index (χ0n) is 11.7. The van der Waals surface area contributed by atoms with Gasteiger partial charge < -0.3 is 10.3 Å². The molecule has 0 aliphatic rings. The number of rotatable bonds is 4. The molecule has 0 aliphatic heterocycles. The third kappa shape index (κ3) is 2.19. The van der Waals surface area contributed by atoms with Crippen molar-refractivity contribution in [3.8, 4) is 0 Å². The average Bonchev–Trinajstić information content (AvgIpc) is 2.55. The number of aromatic nitrogens is 3. The number of anilines is 1. The SMILES string of the molecule is Cc1c(C)n(CCCC(C)C)c2ncnc(N)c12. The van der Waals surface area contributed by atoms with Crippen molar-refractivity contribution in [1.29, 1.82) is 0 Å². The Kier molecular flexibility index (Phi) is 3.55. The second-order valence-electron chi connectivity index (χ2n) is 5.36.